The topological polar surface area (TPSA) is 90.0 Å². The lowest BCUT2D eigenvalue weighted by Crippen LogP contribution is -2.49. The molecule has 0 radical (unpaired) electrons. The van der Waals surface area contributed by atoms with Gasteiger partial charge in [0.1, 0.15) is 0 Å². The highest BCUT2D eigenvalue weighted by atomic mass is 79.9. The number of carbonyl (C=O) groups is 1. The van der Waals surface area contributed by atoms with Gasteiger partial charge in [-0.15, -0.1) is 5.10 Å². The van der Waals surface area contributed by atoms with Gasteiger partial charge in [-0.05, 0) is 22.9 Å². The van der Waals surface area contributed by atoms with Crippen LogP contribution in [0.2, 0.25) is 0 Å². The van der Waals surface area contributed by atoms with E-state index in [9.17, 15) is 4.79 Å². The predicted octanol–water partition coefficient (Wildman–Crippen LogP) is 1.31. The Morgan fingerprint density at radius 3 is 2.59 bits per heavy atom. The zero-order chi connectivity index (χ0) is 15.4. The third-order valence-electron chi connectivity index (χ3n) is 3.54. The SMILES string of the molecule is O=C(Nc1nn[nH]n1)N1CCN(Cc2ccc(Br)cc2)CC1. The van der Waals surface area contributed by atoms with Gasteiger partial charge in [-0.1, -0.05) is 33.2 Å². The summed E-state index contributed by atoms with van der Waals surface area (Å²) >= 11 is 3.44. The van der Waals surface area contributed by atoms with Crippen LogP contribution in [0.25, 0.3) is 0 Å². The summed E-state index contributed by atoms with van der Waals surface area (Å²) in [6.07, 6.45) is 0. The molecule has 3 rings (SSSR count). The third-order valence-corrected chi connectivity index (χ3v) is 4.07. The van der Waals surface area contributed by atoms with Crippen LogP contribution in [0.3, 0.4) is 0 Å². The highest BCUT2D eigenvalue weighted by molar-refractivity contribution is 9.10. The fourth-order valence-electron chi connectivity index (χ4n) is 2.35. The van der Waals surface area contributed by atoms with E-state index in [4.69, 9.17) is 0 Å². The van der Waals surface area contributed by atoms with Gasteiger partial charge in [-0.25, -0.2) is 4.79 Å². The van der Waals surface area contributed by atoms with Crippen molar-refractivity contribution in [1.82, 2.24) is 30.4 Å². The Bertz CT molecular complexity index is 608. The number of tetrazole rings is 1. The number of anilines is 1. The van der Waals surface area contributed by atoms with Crippen molar-refractivity contribution in [1.29, 1.82) is 0 Å². The summed E-state index contributed by atoms with van der Waals surface area (Å²) in [6.45, 7) is 3.94. The number of aromatic nitrogens is 4. The zero-order valence-electron chi connectivity index (χ0n) is 11.9. The van der Waals surface area contributed by atoms with Crippen LogP contribution in [0.5, 0.6) is 0 Å². The summed E-state index contributed by atoms with van der Waals surface area (Å²) in [5.41, 5.74) is 1.27. The molecule has 2 heterocycles. The Morgan fingerprint density at radius 2 is 1.95 bits per heavy atom. The van der Waals surface area contributed by atoms with Crippen molar-refractivity contribution in [2.45, 2.75) is 6.54 Å². The Balaban J connectivity index is 1.47. The van der Waals surface area contributed by atoms with Crippen molar-refractivity contribution in [3.05, 3.63) is 34.3 Å². The standard InChI is InChI=1S/C13H16BrN7O/c14-11-3-1-10(2-4-11)9-20-5-7-21(8-6-20)13(22)15-12-16-18-19-17-12/h1-4H,5-9H2,(H2,15,16,17,18,19,22). The van der Waals surface area contributed by atoms with Crippen molar-refractivity contribution in [2.24, 2.45) is 0 Å². The highest BCUT2D eigenvalue weighted by Gasteiger charge is 2.21. The van der Waals surface area contributed by atoms with E-state index in [0.29, 0.717) is 13.1 Å². The maximum atomic E-state index is 12.0. The lowest BCUT2D eigenvalue weighted by molar-refractivity contribution is 0.143. The average molecular weight is 366 g/mol. The smallest absolute Gasteiger partial charge is 0.322 e. The zero-order valence-corrected chi connectivity index (χ0v) is 13.5. The maximum Gasteiger partial charge on any atom is 0.324 e. The van der Waals surface area contributed by atoms with Crippen LogP contribution >= 0.6 is 15.9 Å². The summed E-state index contributed by atoms with van der Waals surface area (Å²) in [5, 5.41) is 15.7. The quantitative estimate of drug-likeness (QED) is 0.855. The van der Waals surface area contributed by atoms with Gasteiger partial charge in [0.25, 0.3) is 5.95 Å². The molecule has 2 amide bonds. The Hall–Kier alpha value is -2.00. The second-order valence-electron chi connectivity index (χ2n) is 5.06. The molecule has 1 aromatic heterocycles. The molecule has 0 spiro atoms. The van der Waals surface area contributed by atoms with E-state index in [0.717, 1.165) is 24.1 Å². The van der Waals surface area contributed by atoms with E-state index in [1.807, 2.05) is 12.1 Å². The molecule has 0 saturated carbocycles. The molecule has 1 aliphatic heterocycles. The number of amides is 2. The minimum absolute atomic E-state index is 0.190. The van der Waals surface area contributed by atoms with Gasteiger partial charge in [0.2, 0.25) is 0 Å². The average Bonchev–Trinajstić information content (AvgIpc) is 3.03. The Morgan fingerprint density at radius 1 is 1.23 bits per heavy atom. The third kappa shape index (κ3) is 3.80. The molecule has 0 unspecified atom stereocenters. The van der Waals surface area contributed by atoms with Gasteiger partial charge >= 0.3 is 6.03 Å². The number of aromatic amines is 1. The summed E-state index contributed by atoms with van der Waals surface area (Å²) in [5.74, 6) is 0.197. The van der Waals surface area contributed by atoms with Crippen LogP contribution in [0, 0.1) is 0 Å². The number of hydrogen-bond acceptors (Lipinski definition) is 5. The minimum Gasteiger partial charge on any atom is -0.322 e. The van der Waals surface area contributed by atoms with Crippen LogP contribution < -0.4 is 5.32 Å². The second-order valence-corrected chi connectivity index (χ2v) is 5.97. The lowest BCUT2D eigenvalue weighted by atomic mass is 10.2. The summed E-state index contributed by atoms with van der Waals surface area (Å²) in [6, 6.07) is 8.12. The van der Waals surface area contributed by atoms with Crippen molar-refractivity contribution < 1.29 is 4.79 Å². The molecule has 0 atom stereocenters. The second kappa shape index (κ2) is 6.84. The Kier molecular flexibility index (Phi) is 4.64. The van der Waals surface area contributed by atoms with Crippen LogP contribution in [-0.4, -0.2) is 62.6 Å². The Labute approximate surface area is 136 Å². The number of piperazine rings is 1. The first kappa shape index (κ1) is 14.9. The summed E-state index contributed by atoms with van der Waals surface area (Å²) < 4.78 is 1.08. The highest BCUT2D eigenvalue weighted by Crippen LogP contribution is 2.13. The minimum atomic E-state index is -0.190. The van der Waals surface area contributed by atoms with E-state index in [1.54, 1.807) is 4.90 Å². The van der Waals surface area contributed by atoms with E-state index in [-0.39, 0.29) is 12.0 Å². The number of carbonyl (C=O) groups excluding carboxylic acids is 1. The number of benzene rings is 1. The van der Waals surface area contributed by atoms with Crippen molar-refractivity contribution in [3.8, 4) is 0 Å². The molecule has 0 aliphatic carbocycles. The van der Waals surface area contributed by atoms with Crippen LogP contribution in [0.15, 0.2) is 28.7 Å². The predicted molar refractivity (Wildman–Crippen MR) is 84.2 cm³/mol. The number of halogens is 1. The van der Waals surface area contributed by atoms with Gasteiger partial charge < -0.3 is 4.90 Å². The lowest BCUT2D eigenvalue weighted by Gasteiger charge is -2.34. The van der Waals surface area contributed by atoms with Gasteiger partial charge in [-0.2, -0.15) is 5.21 Å². The number of urea groups is 1. The summed E-state index contributed by atoms with van der Waals surface area (Å²) in [7, 11) is 0. The molecule has 0 bridgehead atoms. The summed E-state index contributed by atoms with van der Waals surface area (Å²) in [4.78, 5) is 16.1. The molecule has 9 heteroatoms. The van der Waals surface area contributed by atoms with E-state index < -0.39 is 0 Å². The fourth-order valence-corrected chi connectivity index (χ4v) is 2.61. The number of rotatable bonds is 3. The first-order chi connectivity index (χ1) is 10.7. The number of hydrogen-bond donors (Lipinski definition) is 2. The maximum absolute atomic E-state index is 12.0. The molecule has 2 aromatic rings. The molecule has 116 valence electrons. The van der Waals surface area contributed by atoms with E-state index in [2.05, 4.69) is 58.9 Å². The van der Waals surface area contributed by atoms with Gasteiger partial charge in [0, 0.05) is 37.2 Å². The molecule has 1 aliphatic rings. The van der Waals surface area contributed by atoms with Crippen molar-refractivity contribution in [2.75, 3.05) is 31.5 Å². The van der Waals surface area contributed by atoms with Gasteiger partial charge in [0.15, 0.2) is 0 Å². The number of nitrogens with one attached hydrogen (secondary N) is 2. The molecular formula is C13H16BrN7O. The molecular weight excluding hydrogens is 350 g/mol. The van der Waals surface area contributed by atoms with Crippen LogP contribution in [0.1, 0.15) is 5.56 Å². The van der Waals surface area contributed by atoms with Crippen molar-refractivity contribution in [3.63, 3.8) is 0 Å². The first-order valence-corrected chi connectivity index (χ1v) is 7.76. The van der Waals surface area contributed by atoms with Gasteiger partial charge in [-0.3, -0.25) is 10.2 Å². The molecule has 22 heavy (non-hydrogen) atoms. The van der Waals surface area contributed by atoms with Gasteiger partial charge in [0.05, 0.1) is 0 Å². The first-order valence-electron chi connectivity index (χ1n) is 6.97. The van der Waals surface area contributed by atoms with Crippen molar-refractivity contribution >= 4 is 27.9 Å². The number of H-pyrrole nitrogens is 1. The molecule has 1 aromatic carbocycles. The van der Waals surface area contributed by atoms with E-state index >= 15 is 0 Å². The van der Waals surface area contributed by atoms with Crippen LogP contribution in [-0.2, 0) is 6.54 Å². The number of nitrogens with zero attached hydrogens (tertiary/aromatic N) is 5. The molecule has 8 nitrogen and oxygen atoms in total. The fraction of sp³-hybridized carbons (Fsp3) is 0.385. The molecule has 1 saturated heterocycles. The largest absolute Gasteiger partial charge is 0.324 e. The molecule has 2 N–H and O–H groups in total. The molecule has 1 fully saturated rings. The monoisotopic (exact) mass is 365 g/mol. The normalized spacial score (nSPS) is 15.8. The van der Waals surface area contributed by atoms with E-state index in [1.165, 1.54) is 5.56 Å². The van der Waals surface area contributed by atoms with Crippen LogP contribution in [0.4, 0.5) is 10.7 Å².